The molecule has 3 N–H and O–H groups in total. The first-order chi connectivity index (χ1) is 9.40. The summed E-state index contributed by atoms with van der Waals surface area (Å²) in [6.45, 7) is 5.80. The molecule has 6 heteroatoms. The molecule has 0 aromatic rings. The Balaban J connectivity index is 2.16. The van der Waals surface area contributed by atoms with E-state index in [0.29, 0.717) is 18.5 Å². The van der Waals surface area contributed by atoms with Gasteiger partial charge >= 0.3 is 12.0 Å². The summed E-state index contributed by atoms with van der Waals surface area (Å²) in [7, 11) is 2.06. The third-order valence-corrected chi connectivity index (χ3v) is 3.76. The zero-order valence-electron chi connectivity index (χ0n) is 12.7. The number of carbonyl (C=O) groups excluding carboxylic acids is 1. The molecule has 0 bridgehead atoms. The second-order valence-corrected chi connectivity index (χ2v) is 5.87. The monoisotopic (exact) mass is 285 g/mol. The van der Waals surface area contributed by atoms with Crippen molar-refractivity contribution in [2.75, 3.05) is 20.1 Å². The van der Waals surface area contributed by atoms with Gasteiger partial charge in [0.1, 0.15) is 0 Å². The predicted octanol–water partition coefficient (Wildman–Crippen LogP) is 1.27. The number of carbonyl (C=O) groups is 2. The highest BCUT2D eigenvalue weighted by molar-refractivity contribution is 5.75. The molecule has 1 fully saturated rings. The summed E-state index contributed by atoms with van der Waals surface area (Å²) in [5, 5.41) is 14.4. The molecule has 1 rings (SSSR count). The predicted molar refractivity (Wildman–Crippen MR) is 77.7 cm³/mol. The number of rotatable bonds is 9. The highest BCUT2D eigenvalue weighted by Gasteiger charge is 2.33. The number of amides is 2. The summed E-state index contributed by atoms with van der Waals surface area (Å²) in [6, 6.07) is 0.0137. The van der Waals surface area contributed by atoms with E-state index >= 15 is 0 Å². The zero-order chi connectivity index (χ0) is 15.1. The van der Waals surface area contributed by atoms with Crippen LogP contribution in [0.2, 0.25) is 0 Å². The molecule has 1 atom stereocenters. The molecule has 1 aliphatic rings. The number of carboxylic acids is 1. The fraction of sp³-hybridized carbons (Fsp3) is 0.857. The largest absolute Gasteiger partial charge is 0.481 e. The molecule has 20 heavy (non-hydrogen) atoms. The van der Waals surface area contributed by atoms with Crippen LogP contribution < -0.4 is 10.6 Å². The van der Waals surface area contributed by atoms with Crippen molar-refractivity contribution in [3.8, 4) is 0 Å². The maximum atomic E-state index is 11.7. The molecule has 1 saturated carbocycles. The van der Waals surface area contributed by atoms with Crippen LogP contribution in [0.1, 0.15) is 39.5 Å². The van der Waals surface area contributed by atoms with Gasteiger partial charge in [-0.3, -0.25) is 4.79 Å². The van der Waals surface area contributed by atoms with Gasteiger partial charge in [-0.15, -0.1) is 0 Å². The lowest BCUT2D eigenvalue weighted by Crippen LogP contribution is -2.44. The van der Waals surface area contributed by atoms with Gasteiger partial charge in [-0.25, -0.2) is 4.79 Å². The lowest BCUT2D eigenvalue weighted by Gasteiger charge is -2.21. The van der Waals surface area contributed by atoms with Crippen LogP contribution in [0.15, 0.2) is 0 Å². The molecule has 0 spiro atoms. The molecule has 2 amide bonds. The van der Waals surface area contributed by atoms with Crippen LogP contribution in [-0.2, 0) is 4.79 Å². The van der Waals surface area contributed by atoms with Gasteiger partial charge in [-0.05, 0) is 52.6 Å². The lowest BCUT2D eigenvalue weighted by molar-refractivity contribution is -0.137. The Hall–Kier alpha value is -1.30. The van der Waals surface area contributed by atoms with Crippen molar-refractivity contribution in [2.45, 2.75) is 51.6 Å². The SMILES string of the molecule is CC(C)N(C)CCCNC(=O)NC(CC(=O)O)C1CC1. The van der Waals surface area contributed by atoms with Crippen LogP contribution in [-0.4, -0.2) is 54.2 Å². The topological polar surface area (TPSA) is 81.7 Å². The first-order valence-corrected chi connectivity index (χ1v) is 7.36. The summed E-state index contributed by atoms with van der Waals surface area (Å²) < 4.78 is 0. The molecule has 0 aliphatic heterocycles. The van der Waals surface area contributed by atoms with E-state index in [1.807, 2.05) is 0 Å². The highest BCUT2D eigenvalue weighted by Crippen LogP contribution is 2.33. The molecule has 0 aromatic carbocycles. The molecular weight excluding hydrogens is 258 g/mol. The number of aliphatic carboxylic acids is 1. The number of hydrogen-bond donors (Lipinski definition) is 3. The standard InChI is InChI=1S/C14H27N3O3/c1-10(2)17(3)8-4-7-15-14(20)16-12(9-13(18)19)11-5-6-11/h10-12H,4-9H2,1-3H3,(H,18,19)(H2,15,16,20). The second kappa shape index (κ2) is 8.09. The molecular formula is C14H27N3O3. The zero-order valence-corrected chi connectivity index (χ0v) is 12.7. The molecule has 116 valence electrons. The van der Waals surface area contributed by atoms with Crippen molar-refractivity contribution in [3.05, 3.63) is 0 Å². The summed E-state index contributed by atoms with van der Waals surface area (Å²) >= 11 is 0. The Morgan fingerprint density at radius 1 is 1.35 bits per heavy atom. The van der Waals surface area contributed by atoms with Crippen molar-refractivity contribution in [2.24, 2.45) is 5.92 Å². The fourth-order valence-corrected chi connectivity index (χ4v) is 2.03. The van der Waals surface area contributed by atoms with Gasteiger partial charge in [-0.1, -0.05) is 0 Å². The number of hydrogen-bond acceptors (Lipinski definition) is 3. The van der Waals surface area contributed by atoms with E-state index in [1.165, 1.54) is 0 Å². The number of nitrogens with one attached hydrogen (secondary N) is 2. The Kier molecular flexibility index (Phi) is 6.78. The maximum Gasteiger partial charge on any atom is 0.315 e. The molecule has 6 nitrogen and oxygen atoms in total. The Bertz CT molecular complexity index is 330. The van der Waals surface area contributed by atoms with Gasteiger partial charge in [0.25, 0.3) is 0 Å². The average molecular weight is 285 g/mol. The number of carboxylic acid groups (broad SMARTS) is 1. The van der Waals surface area contributed by atoms with Crippen LogP contribution in [0.3, 0.4) is 0 Å². The van der Waals surface area contributed by atoms with E-state index in [1.54, 1.807) is 0 Å². The Labute approximate surface area is 120 Å². The average Bonchev–Trinajstić information content (AvgIpc) is 3.16. The van der Waals surface area contributed by atoms with Crippen LogP contribution >= 0.6 is 0 Å². The van der Waals surface area contributed by atoms with Crippen molar-refractivity contribution in [1.29, 1.82) is 0 Å². The van der Waals surface area contributed by atoms with E-state index in [0.717, 1.165) is 25.8 Å². The van der Waals surface area contributed by atoms with Gasteiger partial charge in [0.05, 0.1) is 6.42 Å². The summed E-state index contributed by atoms with van der Waals surface area (Å²) in [6.07, 6.45) is 2.91. The molecule has 0 radical (unpaired) electrons. The van der Waals surface area contributed by atoms with Crippen molar-refractivity contribution in [3.63, 3.8) is 0 Å². The highest BCUT2D eigenvalue weighted by atomic mass is 16.4. The fourth-order valence-electron chi connectivity index (χ4n) is 2.03. The van der Waals surface area contributed by atoms with Crippen LogP contribution in [0, 0.1) is 5.92 Å². The first kappa shape index (κ1) is 16.8. The first-order valence-electron chi connectivity index (χ1n) is 7.36. The van der Waals surface area contributed by atoms with Gasteiger partial charge in [0.2, 0.25) is 0 Å². The van der Waals surface area contributed by atoms with Crippen LogP contribution in [0.25, 0.3) is 0 Å². The van der Waals surface area contributed by atoms with E-state index in [4.69, 9.17) is 5.11 Å². The lowest BCUT2D eigenvalue weighted by atomic mass is 10.1. The van der Waals surface area contributed by atoms with E-state index in [9.17, 15) is 9.59 Å². The van der Waals surface area contributed by atoms with Crippen LogP contribution in [0.4, 0.5) is 4.79 Å². The summed E-state index contributed by atoms with van der Waals surface area (Å²) in [4.78, 5) is 24.7. The van der Waals surface area contributed by atoms with E-state index in [2.05, 4.69) is 36.4 Å². The van der Waals surface area contributed by atoms with Crippen molar-refractivity contribution >= 4 is 12.0 Å². The molecule has 1 aliphatic carbocycles. The summed E-state index contributed by atoms with van der Waals surface area (Å²) in [5.41, 5.74) is 0. The van der Waals surface area contributed by atoms with Gasteiger partial charge < -0.3 is 20.6 Å². The summed E-state index contributed by atoms with van der Waals surface area (Å²) in [5.74, 6) is -0.523. The number of urea groups is 1. The third-order valence-electron chi connectivity index (χ3n) is 3.76. The van der Waals surface area contributed by atoms with E-state index < -0.39 is 5.97 Å². The molecule has 0 heterocycles. The minimum absolute atomic E-state index is 0.00811. The second-order valence-electron chi connectivity index (χ2n) is 5.87. The van der Waals surface area contributed by atoms with Crippen molar-refractivity contribution < 1.29 is 14.7 Å². The minimum atomic E-state index is -0.860. The van der Waals surface area contributed by atoms with E-state index in [-0.39, 0.29) is 18.5 Å². The molecule has 0 saturated heterocycles. The normalized spacial score (nSPS) is 16.2. The third kappa shape index (κ3) is 6.75. The van der Waals surface area contributed by atoms with Crippen molar-refractivity contribution in [1.82, 2.24) is 15.5 Å². The van der Waals surface area contributed by atoms with Gasteiger partial charge in [-0.2, -0.15) is 0 Å². The van der Waals surface area contributed by atoms with Gasteiger partial charge in [0.15, 0.2) is 0 Å². The Morgan fingerprint density at radius 3 is 2.50 bits per heavy atom. The maximum absolute atomic E-state index is 11.7. The minimum Gasteiger partial charge on any atom is -0.481 e. The number of nitrogens with zero attached hydrogens (tertiary/aromatic N) is 1. The quantitative estimate of drug-likeness (QED) is 0.557. The van der Waals surface area contributed by atoms with Crippen LogP contribution in [0.5, 0.6) is 0 Å². The smallest absolute Gasteiger partial charge is 0.315 e. The molecule has 0 aromatic heterocycles. The molecule has 1 unspecified atom stereocenters. The Morgan fingerprint density at radius 2 is 2.00 bits per heavy atom. The van der Waals surface area contributed by atoms with Gasteiger partial charge in [0, 0.05) is 18.6 Å².